The molecule has 0 atom stereocenters. The van der Waals surface area contributed by atoms with Crippen LogP contribution in [0, 0.1) is 20.2 Å². The van der Waals surface area contributed by atoms with Crippen LogP contribution in [0.15, 0.2) is 124 Å². The first kappa shape index (κ1) is 30.7. The van der Waals surface area contributed by atoms with Crippen LogP contribution < -0.4 is 10.1 Å². The molecule has 1 N–H and O–H groups in total. The Kier molecular flexibility index (Phi) is 7.96. The molecule has 0 saturated carbocycles. The number of anilines is 1. The molecule has 0 spiro atoms. The highest BCUT2D eigenvalue weighted by Gasteiger charge is 2.21. The number of furan rings is 2. The second-order valence-electron chi connectivity index (χ2n) is 10.5. The molecule has 3 aromatic heterocycles. The number of ether oxygens (including phenoxy) is 1. The number of nitro groups is 2. The van der Waals surface area contributed by atoms with Gasteiger partial charge in [-0.25, -0.2) is 9.78 Å². The van der Waals surface area contributed by atoms with Gasteiger partial charge in [-0.15, -0.1) is 11.3 Å². The van der Waals surface area contributed by atoms with Crippen LogP contribution >= 0.6 is 11.3 Å². The number of amides is 1. The largest absolute Gasteiger partial charge is 0.451 e. The third kappa shape index (κ3) is 6.39. The number of aromatic nitrogens is 1. The van der Waals surface area contributed by atoms with Gasteiger partial charge >= 0.3 is 5.97 Å². The van der Waals surface area contributed by atoms with Crippen LogP contribution in [0.4, 0.5) is 17.1 Å². The summed E-state index contributed by atoms with van der Waals surface area (Å²) in [5, 5.41) is 25.7. The van der Waals surface area contributed by atoms with Crippen molar-refractivity contribution in [3.8, 4) is 39.0 Å². The SMILES string of the molecule is O=C(Nc1ccc(-c2nc3ccccc3s2)c(OC(=O)c2ccc(-c3cccc([N+](=O)[O-])c3)o2)c1)c1ccc(-c2cccc([N+](=O)[O-])c2)o1. The average molecular weight is 673 g/mol. The molecule has 0 radical (unpaired) electrons. The molecule has 0 bridgehead atoms. The van der Waals surface area contributed by atoms with E-state index < -0.39 is 21.7 Å². The predicted octanol–water partition coefficient (Wildman–Crippen LogP) is 8.77. The molecule has 1 amide bonds. The lowest BCUT2D eigenvalue weighted by molar-refractivity contribution is -0.385. The predicted molar refractivity (Wildman–Crippen MR) is 180 cm³/mol. The van der Waals surface area contributed by atoms with E-state index >= 15 is 0 Å². The van der Waals surface area contributed by atoms with E-state index in [1.165, 1.54) is 78.1 Å². The zero-order chi connectivity index (χ0) is 34.1. The highest BCUT2D eigenvalue weighted by atomic mass is 32.1. The van der Waals surface area contributed by atoms with Crippen molar-refractivity contribution in [2.45, 2.75) is 0 Å². The first-order valence-electron chi connectivity index (χ1n) is 14.4. The number of thiazole rings is 1. The normalized spacial score (nSPS) is 10.9. The summed E-state index contributed by atoms with van der Waals surface area (Å²) in [6.45, 7) is 0. The van der Waals surface area contributed by atoms with Gasteiger partial charge < -0.3 is 18.9 Å². The number of non-ortho nitro benzene ring substituents is 2. The zero-order valence-electron chi connectivity index (χ0n) is 24.9. The molecule has 0 aliphatic rings. The Hall–Kier alpha value is -6.93. The molecule has 3 heterocycles. The van der Waals surface area contributed by atoms with Crippen molar-refractivity contribution in [3.63, 3.8) is 0 Å². The van der Waals surface area contributed by atoms with Crippen LogP contribution in [0.3, 0.4) is 0 Å². The number of nitrogens with zero attached hydrogens (tertiary/aromatic N) is 3. The summed E-state index contributed by atoms with van der Waals surface area (Å²) in [5.74, 6) is -1.12. The number of nitrogens with one attached hydrogen (secondary N) is 1. The van der Waals surface area contributed by atoms with Crippen molar-refractivity contribution in [1.29, 1.82) is 0 Å². The standard InChI is InChI=1S/C35H20N4O9S/c40-33(29-15-13-27(46-29)20-5-3-7-23(17-20)38(42)43)36-22-11-12-25(34-37-26-9-1-2-10-32(26)49-34)31(19-22)48-35(41)30-16-14-28(47-30)21-6-4-8-24(18-21)39(44)45/h1-19H,(H,36,40). The van der Waals surface area contributed by atoms with Gasteiger partial charge in [-0.2, -0.15) is 0 Å². The third-order valence-corrected chi connectivity index (χ3v) is 8.36. The number of benzene rings is 4. The number of rotatable bonds is 9. The second kappa shape index (κ2) is 12.7. The third-order valence-electron chi connectivity index (χ3n) is 7.29. The lowest BCUT2D eigenvalue weighted by atomic mass is 10.1. The fraction of sp³-hybridized carbons (Fsp3) is 0. The van der Waals surface area contributed by atoms with Gasteiger partial charge in [-0.3, -0.25) is 25.0 Å². The van der Waals surface area contributed by atoms with Crippen LogP contribution in [0.5, 0.6) is 5.75 Å². The molecule has 0 aliphatic heterocycles. The number of hydrogen-bond donors (Lipinski definition) is 1. The monoisotopic (exact) mass is 672 g/mol. The van der Waals surface area contributed by atoms with Crippen LogP contribution in [-0.4, -0.2) is 26.7 Å². The molecule has 0 fully saturated rings. The minimum atomic E-state index is -0.852. The van der Waals surface area contributed by atoms with Gasteiger partial charge in [0.05, 0.1) is 25.6 Å². The van der Waals surface area contributed by atoms with Crippen molar-refractivity contribution in [2.75, 3.05) is 5.32 Å². The molecular formula is C35H20N4O9S. The molecule has 4 aromatic carbocycles. The van der Waals surface area contributed by atoms with Crippen LogP contribution in [0.1, 0.15) is 21.1 Å². The summed E-state index contributed by atoms with van der Waals surface area (Å²) >= 11 is 1.39. The second-order valence-corrected chi connectivity index (χ2v) is 11.5. The Morgan fingerprint density at radius 2 is 1.35 bits per heavy atom. The number of fused-ring (bicyclic) bond motifs is 1. The minimum Gasteiger partial charge on any atom is -0.451 e. The topological polar surface area (TPSA) is 181 Å². The Balaban J connectivity index is 1.17. The molecule has 7 rings (SSSR count). The molecule has 13 nitrogen and oxygen atoms in total. The van der Waals surface area contributed by atoms with Gasteiger partial charge in [-0.05, 0) is 48.5 Å². The Morgan fingerprint density at radius 1 is 0.714 bits per heavy atom. The van der Waals surface area contributed by atoms with Gasteiger partial charge in [0.1, 0.15) is 22.3 Å². The van der Waals surface area contributed by atoms with E-state index in [0.29, 0.717) is 21.7 Å². The summed E-state index contributed by atoms with van der Waals surface area (Å²) in [4.78, 5) is 52.6. The summed E-state index contributed by atoms with van der Waals surface area (Å²) < 4.78 is 18.1. The van der Waals surface area contributed by atoms with E-state index in [9.17, 15) is 29.8 Å². The van der Waals surface area contributed by atoms with Gasteiger partial charge in [0.15, 0.2) is 5.76 Å². The average Bonchev–Trinajstić information content (AvgIpc) is 3.89. The maximum absolute atomic E-state index is 13.4. The first-order valence-corrected chi connectivity index (χ1v) is 15.3. The highest BCUT2D eigenvalue weighted by Crippen LogP contribution is 2.38. The molecule has 0 saturated heterocycles. The van der Waals surface area contributed by atoms with Gasteiger partial charge in [0.25, 0.3) is 17.3 Å². The molecular weight excluding hydrogens is 652 g/mol. The molecule has 49 heavy (non-hydrogen) atoms. The van der Waals surface area contributed by atoms with Gasteiger partial charge in [-0.1, -0.05) is 36.4 Å². The number of nitro benzene ring substituents is 2. The fourth-order valence-corrected chi connectivity index (χ4v) is 5.95. The van der Waals surface area contributed by atoms with Crippen molar-refractivity contribution < 1.29 is 33.0 Å². The van der Waals surface area contributed by atoms with E-state index in [1.807, 2.05) is 24.3 Å². The maximum atomic E-state index is 13.4. The van der Waals surface area contributed by atoms with E-state index in [1.54, 1.807) is 24.3 Å². The maximum Gasteiger partial charge on any atom is 0.379 e. The van der Waals surface area contributed by atoms with E-state index in [2.05, 4.69) is 10.3 Å². The number of para-hydroxylation sites is 1. The fourth-order valence-electron chi connectivity index (χ4n) is 4.95. The van der Waals surface area contributed by atoms with Crippen LogP contribution in [0.2, 0.25) is 0 Å². The summed E-state index contributed by atoms with van der Waals surface area (Å²) in [5.41, 5.74) is 2.07. The van der Waals surface area contributed by atoms with Crippen LogP contribution in [-0.2, 0) is 0 Å². The van der Waals surface area contributed by atoms with Crippen molar-refractivity contribution in [3.05, 3.63) is 147 Å². The van der Waals surface area contributed by atoms with E-state index in [0.717, 1.165) is 10.2 Å². The molecule has 0 aliphatic carbocycles. The van der Waals surface area contributed by atoms with Gasteiger partial charge in [0.2, 0.25) is 5.76 Å². The quantitative estimate of drug-likeness (QED) is 0.0673. The lowest BCUT2D eigenvalue weighted by Crippen LogP contribution is -2.12. The number of hydrogen-bond acceptors (Lipinski definition) is 11. The Labute approximate surface area is 279 Å². The smallest absolute Gasteiger partial charge is 0.379 e. The van der Waals surface area contributed by atoms with Crippen molar-refractivity contribution in [2.24, 2.45) is 0 Å². The number of carbonyl (C=O) groups excluding carboxylic acids is 2. The number of carbonyl (C=O) groups is 2. The Morgan fingerprint density at radius 3 is 2.00 bits per heavy atom. The summed E-state index contributed by atoms with van der Waals surface area (Å²) in [7, 11) is 0. The molecule has 7 aromatic rings. The first-order chi connectivity index (χ1) is 23.7. The molecule has 14 heteroatoms. The molecule has 240 valence electrons. The number of esters is 1. The zero-order valence-corrected chi connectivity index (χ0v) is 25.7. The molecule has 0 unspecified atom stereocenters. The minimum absolute atomic E-state index is 0.0560. The Bertz CT molecular complexity index is 2390. The van der Waals surface area contributed by atoms with E-state index in [4.69, 9.17) is 13.6 Å². The highest BCUT2D eigenvalue weighted by molar-refractivity contribution is 7.21. The van der Waals surface area contributed by atoms with Gasteiger partial charge in [0, 0.05) is 47.1 Å². The summed E-state index contributed by atoms with van der Waals surface area (Å²) in [6, 6.07) is 29.8. The summed E-state index contributed by atoms with van der Waals surface area (Å²) in [6.07, 6.45) is 0. The van der Waals surface area contributed by atoms with Crippen LogP contribution in [0.25, 0.3) is 43.4 Å². The lowest BCUT2D eigenvalue weighted by Gasteiger charge is -2.11. The van der Waals surface area contributed by atoms with Crippen molar-refractivity contribution in [1.82, 2.24) is 4.98 Å². The van der Waals surface area contributed by atoms with E-state index in [-0.39, 0.29) is 45.9 Å². The van der Waals surface area contributed by atoms with Crippen molar-refractivity contribution >= 4 is 50.5 Å².